The van der Waals surface area contributed by atoms with Crippen molar-refractivity contribution in [2.45, 2.75) is 26.9 Å². The summed E-state index contributed by atoms with van der Waals surface area (Å²) in [5.41, 5.74) is 2.08. The predicted molar refractivity (Wildman–Crippen MR) is 97.6 cm³/mol. The Morgan fingerprint density at radius 3 is 2.72 bits per heavy atom. The van der Waals surface area contributed by atoms with Crippen LogP contribution in [-0.2, 0) is 20.1 Å². The quantitative estimate of drug-likeness (QED) is 0.685. The van der Waals surface area contributed by atoms with E-state index in [0.29, 0.717) is 5.92 Å². The third kappa shape index (κ3) is 4.48. The van der Waals surface area contributed by atoms with E-state index in [9.17, 15) is 0 Å². The second kappa shape index (κ2) is 7.98. The maximum atomic E-state index is 6.05. The van der Waals surface area contributed by atoms with Crippen LogP contribution in [0.3, 0.4) is 0 Å². The van der Waals surface area contributed by atoms with E-state index in [-0.39, 0.29) is 0 Å². The van der Waals surface area contributed by atoms with Crippen LogP contribution >= 0.6 is 0 Å². The highest BCUT2D eigenvalue weighted by molar-refractivity contribution is 5.35. The zero-order valence-electron chi connectivity index (χ0n) is 15.0. The lowest BCUT2D eigenvalue weighted by atomic mass is 10.1. The van der Waals surface area contributed by atoms with Crippen molar-refractivity contribution in [3.8, 4) is 11.6 Å². The molecule has 2 heterocycles. The summed E-state index contributed by atoms with van der Waals surface area (Å²) in [4.78, 5) is 0. The third-order valence-electron chi connectivity index (χ3n) is 4.10. The molecule has 0 aliphatic rings. The molecule has 1 atom stereocenters. The van der Waals surface area contributed by atoms with E-state index in [4.69, 9.17) is 4.74 Å². The maximum Gasteiger partial charge on any atom is 0.222 e. The van der Waals surface area contributed by atoms with Gasteiger partial charge in [0.25, 0.3) is 0 Å². The highest BCUT2D eigenvalue weighted by Gasteiger charge is 2.15. The number of aryl methyl sites for hydroxylation is 2. The summed E-state index contributed by atoms with van der Waals surface area (Å²) >= 11 is 0. The van der Waals surface area contributed by atoms with Crippen molar-refractivity contribution < 1.29 is 4.74 Å². The Morgan fingerprint density at radius 2 is 2.00 bits per heavy atom. The largest absolute Gasteiger partial charge is 0.439 e. The maximum absolute atomic E-state index is 6.05. The van der Waals surface area contributed by atoms with E-state index in [1.165, 1.54) is 0 Å². The average molecular weight is 339 g/mol. The number of aromatic nitrogens is 4. The first-order valence-electron chi connectivity index (χ1n) is 8.57. The molecule has 2 aromatic heterocycles. The summed E-state index contributed by atoms with van der Waals surface area (Å²) in [5, 5.41) is 12.3. The molecule has 0 spiro atoms. The van der Waals surface area contributed by atoms with Crippen molar-refractivity contribution >= 4 is 0 Å². The number of rotatable bonds is 8. The number of benzene rings is 1. The minimum atomic E-state index is 0.482. The van der Waals surface area contributed by atoms with Crippen LogP contribution in [0, 0.1) is 12.8 Å². The molecule has 6 nitrogen and oxygen atoms in total. The van der Waals surface area contributed by atoms with Gasteiger partial charge in [-0.05, 0) is 37.6 Å². The Bertz CT molecular complexity index is 780. The van der Waals surface area contributed by atoms with E-state index in [2.05, 4.69) is 22.4 Å². The molecule has 1 aromatic carbocycles. The van der Waals surface area contributed by atoms with Gasteiger partial charge in [-0.2, -0.15) is 10.2 Å². The Hall–Kier alpha value is -2.60. The van der Waals surface area contributed by atoms with Crippen molar-refractivity contribution in [3.63, 3.8) is 0 Å². The van der Waals surface area contributed by atoms with Crippen LogP contribution in [0.25, 0.3) is 0 Å². The highest BCUT2D eigenvalue weighted by Crippen LogP contribution is 2.26. The van der Waals surface area contributed by atoms with Gasteiger partial charge in [0, 0.05) is 32.5 Å². The molecule has 0 radical (unpaired) electrons. The molecule has 0 fully saturated rings. The average Bonchev–Trinajstić information content (AvgIpc) is 3.19. The van der Waals surface area contributed by atoms with Crippen LogP contribution in [0.1, 0.15) is 18.2 Å². The number of ether oxygens (including phenoxy) is 1. The molecule has 1 N–H and O–H groups in total. The first-order chi connectivity index (χ1) is 12.1. The molecule has 6 heteroatoms. The number of nitrogens with one attached hydrogen (secondary N) is 1. The third-order valence-corrected chi connectivity index (χ3v) is 4.10. The number of hydrogen-bond acceptors (Lipinski definition) is 4. The molecule has 0 amide bonds. The van der Waals surface area contributed by atoms with E-state index in [1.807, 2.05) is 67.4 Å². The predicted octanol–water partition coefficient (Wildman–Crippen LogP) is 3.14. The minimum absolute atomic E-state index is 0.482. The summed E-state index contributed by atoms with van der Waals surface area (Å²) in [6, 6.07) is 11.8. The minimum Gasteiger partial charge on any atom is -0.439 e. The van der Waals surface area contributed by atoms with Gasteiger partial charge in [-0.15, -0.1) is 0 Å². The summed E-state index contributed by atoms with van der Waals surface area (Å²) in [5.74, 6) is 2.09. The lowest BCUT2D eigenvalue weighted by molar-refractivity contribution is 0.409. The number of para-hydroxylation sites is 1. The monoisotopic (exact) mass is 339 g/mol. The second-order valence-corrected chi connectivity index (χ2v) is 6.37. The van der Waals surface area contributed by atoms with Crippen molar-refractivity contribution in [1.29, 1.82) is 0 Å². The van der Waals surface area contributed by atoms with Gasteiger partial charge in [-0.25, -0.2) is 4.68 Å². The van der Waals surface area contributed by atoms with Crippen LogP contribution in [0.5, 0.6) is 11.6 Å². The smallest absolute Gasteiger partial charge is 0.222 e. The first-order valence-corrected chi connectivity index (χ1v) is 8.57. The molecule has 0 bridgehead atoms. The lowest BCUT2D eigenvalue weighted by Gasteiger charge is -2.14. The van der Waals surface area contributed by atoms with Crippen LogP contribution < -0.4 is 10.1 Å². The van der Waals surface area contributed by atoms with E-state index >= 15 is 0 Å². The van der Waals surface area contributed by atoms with Gasteiger partial charge in [-0.1, -0.05) is 25.1 Å². The van der Waals surface area contributed by atoms with Crippen LogP contribution in [0.4, 0.5) is 0 Å². The number of nitrogens with zero attached hydrogens (tertiary/aromatic N) is 4. The molecule has 0 saturated heterocycles. The molecule has 132 valence electrons. The zero-order chi connectivity index (χ0) is 17.6. The fourth-order valence-corrected chi connectivity index (χ4v) is 2.85. The standard InChI is InChI=1S/C19H25N5O/c1-15(14-24-11-7-10-21-24)12-20-13-18-16(2)22-23(3)19(18)25-17-8-5-4-6-9-17/h4-11,15,20H,12-14H2,1-3H3/t15-/m0/s1. The molecule has 0 unspecified atom stereocenters. The molecule has 0 saturated carbocycles. The zero-order valence-corrected chi connectivity index (χ0v) is 15.0. The summed E-state index contributed by atoms with van der Waals surface area (Å²) in [6.45, 7) is 6.76. The van der Waals surface area contributed by atoms with Crippen molar-refractivity contribution in [2.24, 2.45) is 13.0 Å². The van der Waals surface area contributed by atoms with Gasteiger partial charge in [0.1, 0.15) is 5.75 Å². The molecule has 3 aromatic rings. The van der Waals surface area contributed by atoms with Crippen LogP contribution in [0.2, 0.25) is 0 Å². The summed E-state index contributed by atoms with van der Waals surface area (Å²) in [7, 11) is 1.91. The van der Waals surface area contributed by atoms with E-state index in [1.54, 1.807) is 4.68 Å². The summed E-state index contributed by atoms with van der Waals surface area (Å²) in [6.07, 6.45) is 3.81. The highest BCUT2D eigenvalue weighted by atomic mass is 16.5. The van der Waals surface area contributed by atoms with Gasteiger partial charge in [0.05, 0.1) is 11.3 Å². The van der Waals surface area contributed by atoms with E-state index < -0.39 is 0 Å². The number of hydrogen-bond donors (Lipinski definition) is 1. The van der Waals surface area contributed by atoms with Crippen LogP contribution in [0.15, 0.2) is 48.8 Å². The van der Waals surface area contributed by atoms with Crippen molar-refractivity contribution in [2.75, 3.05) is 6.54 Å². The fourth-order valence-electron chi connectivity index (χ4n) is 2.85. The van der Waals surface area contributed by atoms with Gasteiger partial charge in [-0.3, -0.25) is 4.68 Å². The lowest BCUT2D eigenvalue weighted by Crippen LogP contribution is -2.24. The molecule has 3 rings (SSSR count). The van der Waals surface area contributed by atoms with Crippen molar-refractivity contribution in [3.05, 3.63) is 60.0 Å². The Balaban J connectivity index is 1.60. The van der Waals surface area contributed by atoms with Gasteiger partial charge >= 0.3 is 0 Å². The Labute approximate surface area is 148 Å². The second-order valence-electron chi connectivity index (χ2n) is 6.37. The SMILES string of the molecule is Cc1nn(C)c(Oc2ccccc2)c1CNC[C@H](C)Cn1cccn1. The Kier molecular flexibility index (Phi) is 5.50. The van der Waals surface area contributed by atoms with E-state index in [0.717, 1.165) is 42.5 Å². The molecule has 0 aliphatic heterocycles. The molecule has 0 aliphatic carbocycles. The Morgan fingerprint density at radius 1 is 1.20 bits per heavy atom. The molecular formula is C19H25N5O. The summed E-state index contributed by atoms with van der Waals surface area (Å²) < 4.78 is 9.81. The fraction of sp³-hybridized carbons (Fsp3) is 0.368. The molecular weight excluding hydrogens is 314 g/mol. The van der Waals surface area contributed by atoms with Gasteiger partial charge in [0.2, 0.25) is 5.88 Å². The molecule has 25 heavy (non-hydrogen) atoms. The van der Waals surface area contributed by atoms with Gasteiger partial charge in [0.15, 0.2) is 0 Å². The van der Waals surface area contributed by atoms with Crippen LogP contribution in [-0.4, -0.2) is 26.1 Å². The first kappa shape index (κ1) is 17.2. The topological polar surface area (TPSA) is 56.9 Å². The van der Waals surface area contributed by atoms with Crippen molar-refractivity contribution in [1.82, 2.24) is 24.9 Å². The normalized spacial score (nSPS) is 12.3. The van der Waals surface area contributed by atoms with Gasteiger partial charge < -0.3 is 10.1 Å².